The summed E-state index contributed by atoms with van der Waals surface area (Å²) in [5, 5.41) is 14.2. The van der Waals surface area contributed by atoms with Gasteiger partial charge in [-0.3, -0.25) is 24.5 Å². The summed E-state index contributed by atoms with van der Waals surface area (Å²) in [5.74, 6) is -3.52. The van der Waals surface area contributed by atoms with Gasteiger partial charge in [0.25, 0.3) is 10.9 Å². The number of halogens is 1. The highest BCUT2D eigenvalue weighted by Gasteiger charge is 2.66. The summed E-state index contributed by atoms with van der Waals surface area (Å²) in [6.07, 6.45) is -2.15. The second kappa shape index (κ2) is 9.22. The van der Waals surface area contributed by atoms with Crippen molar-refractivity contribution < 1.29 is 24.1 Å². The molecule has 1 saturated heterocycles. The van der Waals surface area contributed by atoms with E-state index in [1.54, 1.807) is 48.5 Å². The van der Waals surface area contributed by atoms with E-state index in [1.165, 1.54) is 32.9 Å². The van der Waals surface area contributed by atoms with Gasteiger partial charge in [-0.1, -0.05) is 80.9 Å². The Morgan fingerprint density at radius 2 is 1.56 bits per heavy atom. The number of benzene rings is 2. The molecule has 0 saturated carbocycles. The lowest BCUT2D eigenvalue weighted by atomic mass is 9.85. The van der Waals surface area contributed by atoms with Gasteiger partial charge in [0.05, 0.1) is 11.5 Å². The van der Waals surface area contributed by atoms with Crippen LogP contribution in [0.25, 0.3) is 0 Å². The van der Waals surface area contributed by atoms with E-state index < -0.39 is 45.1 Å². The Kier molecular flexibility index (Phi) is 6.74. The molecule has 3 rings (SSSR count). The zero-order valence-corrected chi connectivity index (χ0v) is 19.5. The van der Waals surface area contributed by atoms with Crippen LogP contribution >= 0.6 is 11.6 Å². The van der Waals surface area contributed by atoms with Crippen LogP contribution in [0.3, 0.4) is 0 Å². The zero-order chi connectivity index (χ0) is 25.3. The van der Waals surface area contributed by atoms with Crippen LogP contribution in [0.15, 0.2) is 60.7 Å². The van der Waals surface area contributed by atoms with Crippen LogP contribution in [-0.2, 0) is 20.9 Å². The Morgan fingerprint density at radius 3 is 2.06 bits per heavy atom. The van der Waals surface area contributed by atoms with Crippen molar-refractivity contribution in [2.45, 2.75) is 38.5 Å². The number of hydrogen-bond acceptors (Lipinski definition) is 6. The van der Waals surface area contributed by atoms with Crippen LogP contribution in [0, 0.1) is 15.5 Å². The van der Waals surface area contributed by atoms with E-state index in [4.69, 9.17) is 11.6 Å². The Morgan fingerprint density at radius 1 is 1.03 bits per heavy atom. The lowest BCUT2D eigenvalue weighted by Gasteiger charge is -2.35. The van der Waals surface area contributed by atoms with Crippen LogP contribution in [-0.4, -0.2) is 49.5 Å². The van der Waals surface area contributed by atoms with Crippen LogP contribution in [0.5, 0.6) is 0 Å². The Bertz CT molecular complexity index is 1140. The fourth-order valence-corrected chi connectivity index (χ4v) is 4.02. The van der Waals surface area contributed by atoms with E-state index in [1.807, 2.05) is 0 Å². The summed E-state index contributed by atoms with van der Waals surface area (Å²) in [5.41, 5.74) is -0.522. The van der Waals surface area contributed by atoms with Gasteiger partial charge >= 0.3 is 18.1 Å². The highest BCUT2D eigenvalue weighted by molar-refractivity contribution is 6.50. The first-order valence-electron chi connectivity index (χ1n) is 10.3. The number of carbonyl (C=O) groups excluding carboxylic acids is 4. The first-order valence-corrected chi connectivity index (χ1v) is 10.7. The maximum atomic E-state index is 13.4. The molecule has 1 heterocycles. The molecule has 1 aliphatic rings. The van der Waals surface area contributed by atoms with Gasteiger partial charge in [-0.2, -0.15) is 0 Å². The first kappa shape index (κ1) is 24.8. The second-order valence-corrected chi connectivity index (χ2v) is 9.30. The topological polar surface area (TPSA) is 130 Å². The van der Waals surface area contributed by atoms with Crippen molar-refractivity contribution in [3.05, 3.63) is 76.3 Å². The number of nitrogens with one attached hydrogen (secondary N) is 1. The number of nitro groups is 1. The minimum absolute atomic E-state index is 0.205. The highest BCUT2D eigenvalue weighted by Crippen LogP contribution is 2.37. The number of nitrogens with zero attached hydrogens (tertiary/aromatic N) is 3. The summed E-state index contributed by atoms with van der Waals surface area (Å²) < 4.78 is 0. The smallest absolute Gasteiger partial charge is 0.323 e. The maximum Gasteiger partial charge on any atom is 0.369 e. The number of hydrogen-bond donors (Lipinski definition) is 1. The van der Waals surface area contributed by atoms with Gasteiger partial charge in [-0.25, -0.2) is 14.6 Å². The molecule has 0 bridgehead atoms. The van der Waals surface area contributed by atoms with Gasteiger partial charge < -0.3 is 5.32 Å². The molecule has 1 fully saturated rings. The molecule has 4 amide bonds. The van der Waals surface area contributed by atoms with Crippen molar-refractivity contribution in [1.82, 2.24) is 9.80 Å². The Hall–Kier alpha value is -3.79. The fraction of sp³-hybridized carbons (Fsp3) is 0.304. The number of rotatable bonds is 7. The predicted octanol–water partition coefficient (Wildman–Crippen LogP) is 3.24. The lowest BCUT2D eigenvalue weighted by Crippen LogP contribution is -2.63. The fourth-order valence-electron chi connectivity index (χ4n) is 3.54. The number of para-hydroxylation sites is 1. The number of urea groups is 1. The first-order chi connectivity index (χ1) is 15.9. The molecule has 0 radical (unpaired) electrons. The van der Waals surface area contributed by atoms with E-state index in [9.17, 15) is 29.3 Å². The average Bonchev–Trinajstić information content (AvgIpc) is 3.03. The van der Waals surface area contributed by atoms with Crippen molar-refractivity contribution in [2.24, 2.45) is 5.41 Å². The summed E-state index contributed by atoms with van der Waals surface area (Å²) in [6.45, 7) is 4.07. The number of ketones is 1. The number of alkyl halides is 1. The second-order valence-electron chi connectivity index (χ2n) is 8.75. The zero-order valence-electron chi connectivity index (χ0n) is 18.7. The summed E-state index contributed by atoms with van der Waals surface area (Å²) in [6, 6.07) is 15.0. The third kappa shape index (κ3) is 4.49. The van der Waals surface area contributed by atoms with E-state index in [0.29, 0.717) is 10.5 Å². The number of Topliss-reactive ketones (excluding diaryl/α,β-unsaturated/α-hetero) is 1. The standard InChI is InChI=1S/C23H23ClN4O6/c1-22(2,3)19(30)23(24,20(31)25-16-12-8-5-9-13-16)27-18(29)17(28(33)34)26(21(27)32)14-15-10-6-4-7-11-15/h4-13,17H,14H2,1-3H3,(H,25,31). The van der Waals surface area contributed by atoms with Crippen molar-refractivity contribution in [3.8, 4) is 0 Å². The van der Waals surface area contributed by atoms with Gasteiger partial charge in [0, 0.05) is 11.1 Å². The van der Waals surface area contributed by atoms with E-state index in [0.717, 1.165) is 0 Å². The molecule has 2 atom stereocenters. The SMILES string of the molecule is CC(C)(C)C(=O)C(Cl)(C(=O)Nc1ccccc1)N1C(=O)C([N+](=O)[O-])N(Cc2ccccc2)C1=O. The molecule has 2 aromatic rings. The van der Waals surface area contributed by atoms with Crippen LogP contribution in [0.1, 0.15) is 26.3 Å². The molecule has 2 aromatic carbocycles. The minimum Gasteiger partial charge on any atom is -0.323 e. The van der Waals surface area contributed by atoms with E-state index >= 15 is 0 Å². The maximum absolute atomic E-state index is 13.4. The number of imide groups is 1. The van der Waals surface area contributed by atoms with Gasteiger partial charge in [-0.15, -0.1) is 0 Å². The average molecular weight is 487 g/mol. The molecule has 11 heteroatoms. The van der Waals surface area contributed by atoms with Crippen molar-refractivity contribution in [3.63, 3.8) is 0 Å². The third-order valence-electron chi connectivity index (χ3n) is 5.19. The number of amides is 4. The monoisotopic (exact) mass is 486 g/mol. The molecular formula is C23H23ClN4O6. The summed E-state index contributed by atoms with van der Waals surface area (Å²) in [7, 11) is 0. The largest absolute Gasteiger partial charge is 0.369 e. The Labute approximate surface area is 200 Å². The van der Waals surface area contributed by atoms with E-state index in [-0.39, 0.29) is 17.1 Å². The van der Waals surface area contributed by atoms with Gasteiger partial charge in [-0.05, 0) is 17.7 Å². The molecule has 0 aromatic heterocycles. The molecule has 10 nitrogen and oxygen atoms in total. The molecule has 2 unspecified atom stereocenters. The summed E-state index contributed by atoms with van der Waals surface area (Å²) >= 11 is 6.58. The Balaban J connectivity index is 2.09. The lowest BCUT2D eigenvalue weighted by molar-refractivity contribution is -0.528. The van der Waals surface area contributed by atoms with Gasteiger partial charge in [0.1, 0.15) is 0 Å². The van der Waals surface area contributed by atoms with Crippen LogP contribution in [0.4, 0.5) is 10.5 Å². The predicted molar refractivity (Wildman–Crippen MR) is 123 cm³/mol. The number of carbonyl (C=O) groups is 4. The van der Waals surface area contributed by atoms with Crippen molar-refractivity contribution in [1.29, 1.82) is 0 Å². The van der Waals surface area contributed by atoms with Crippen LogP contribution in [0.2, 0.25) is 0 Å². The normalized spacial score (nSPS) is 17.9. The molecular weight excluding hydrogens is 464 g/mol. The molecule has 34 heavy (non-hydrogen) atoms. The van der Waals surface area contributed by atoms with Crippen molar-refractivity contribution >= 4 is 40.9 Å². The molecule has 0 aliphatic carbocycles. The summed E-state index contributed by atoms with van der Waals surface area (Å²) in [4.78, 5) is 62.2. The quantitative estimate of drug-likeness (QED) is 0.160. The third-order valence-corrected chi connectivity index (χ3v) is 5.70. The van der Waals surface area contributed by atoms with E-state index in [2.05, 4.69) is 5.32 Å². The molecule has 0 spiro atoms. The van der Waals surface area contributed by atoms with Gasteiger partial charge in [0.2, 0.25) is 0 Å². The molecule has 1 N–H and O–H groups in total. The minimum atomic E-state index is -2.86. The molecule has 1 aliphatic heterocycles. The van der Waals surface area contributed by atoms with Crippen LogP contribution < -0.4 is 5.32 Å². The number of anilines is 1. The highest BCUT2D eigenvalue weighted by atomic mass is 35.5. The van der Waals surface area contributed by atoms with Crippen molar-refractivity contribution in [2.75, 3.05) is 5.32 Å². The van der Waals surface area contributed by atoms with Gasteiger partial charge in [0.15, 0.2) is 5.78 Å². The molecule has 178 valence electrons.